The van der Waals surface area contributed by atoms with E-state index < -0.39 is 0 Å². The lowest BCUT2D eigenvalue weighted by Crippen LogP contribution is -2.16. The van der Waals surface area contributed by atoms with Crippen molar-refractivity contribution in [3.63, 3.8) is 0 Å². The van der Waals surface area contributed by atoms with Crippen molar-refractivity contribution in [2.45, 2.75) is 19.3 Å². The van der Waals surface area contributed by atoms with E-state index in [2.05, 4.69) is 278 Å². The molecule has 0 atom stereocenters. The Kier molecular flexibility index (Phi) is 9.55. The summed E-state index contributed by atoms with van der Waals surface area (Å²) in [6.45, 7) is 4.75. The Morgan fingerprint density at radius 1 is 0.348 bits per heavy atom. The van der Waals surface area contributed by atoms with Crippen molar-refractivity contribution < 1.29 is 0 Å². The number of hydrogen-bond acceptors (Lipinski definition) is 1. The highest BCUT2D eigenvalue weighted by atomic mass is 15.1. The number of anilines is 3. The zero-order valence-electron chi connectivity index (χ0n) is 38.6. The molecule has 2 heteroatoms. The van der Waals surface area contributed by atoms with E-state index in [0.29, 0.717) is 0 Å². The van der Waals surface area contributed by atoms with E-state index in [-0.39, 0.29) is 5.41 Å². The summed E-state index contributed by atoms with van der Waals surface area (Å²) in [6.07, 6.45) is 0. The Morgan fingerprint density at radius 3 is 1.77 bits per heavy atom. The number of aromatic nitrogens is 1. The third-order valence-corrected chi connectivity index (χ3v) is 14.6. The summed E-state index contributed by atoms with van der Waals surface area (Å²) >= 11 is 0. The molecule has 2 nitrogen and oxygen atoms in total. The highest BCUT2D eigenvalue weighted by Gasteiger charge is 2.37. The molecule has 0 unspecified atom stereocenters. The van der Waals surface area contributed by atoms with Crippen LogP contribution in [0.4, 0.5) is 17.1 Å². The first kappa shape index (κ1) is 40.5. The maximum Gasteiger partial charge on any atom is 0.0547 e. The SMILES string of the molecule is CC1(C)c2ccccc2-c2cccc(-c3cccc(N(c4ccc(-c5ccc6c7ccccc7n(-c7ccccc7)c6c5)cc4)c4ccccc4-c4cccc5cccc(-c6ccccc6)c45)c3)c21. The van der Waals surface area contributed by atoms with Crippen LogP contribution in [0, 0.1) is 0 Å². The summed E-state index contributed by atoms with van der Waals surface area (Å²) in [4.78, 5) is 2.46. The lowest BCUT2D eigenvalue weighted by Gasteiger charge is -2.29. The zero-order chi connectivity index (χ0) is 46.1. The van der Waals surface area contributed by atoms with Gasteiger partial charge in [-0.1, -0.05) is 214 Å². The molecular weight excluding hydrogens is 833 g/mol. The smallest absolute Gasteiger partial charge is 0.0547 e. The van der Waals surface area contributed by atoms with Gasteiger partial charge in [0.1, 0.15) is 0 Å². The minimum absolute atomic E-state index is 0.149. The van der Waals surface area contributed by atoms with Crippen LogP contribution in [0.3, 0.4) is 0 Å². The summed E-state index contributed by atoms with van der Waals surface area (Å²) in [5.74, 6) is 0. The molecule has 0 amide bonds. The average molecular weight is 881 g/mol. The highest BCUT2D eigenvalue weighted by molar-refractivity contribution is 6.11. The largest absolute Gasteiger partial charge is 0.310 e. The normalized spacial score (nSPS) is 12.6. The summed E-state index contributed by atoms with van der Waals surface area (Å²) in [7, 11) is 0. The van der Waals surface area contributed by atoms with Crippen molar-refractivity contribution in [1.82, 2.24) is 4.57 Å². The number of fused-ring (bicyclic) bond motifs is 7. The van der Waals surface area contributed by atoms with Crippen LogP contribution in [0.25, 0.3) is 93.9 Å². The van der Waals surface area contributed by atoms with Gasteiger partial charge in [0.2, 0.25) is 0 Å². The molecule has 1 aliphatic rings. The van der Waals surface area contributed by atoms with Crippen LogP contribution in [-0.4, -0.2) is 4.57 Å². The van der Waals surface area contributed by atoms with Crippen LogP contribution in [0.1, 0.15) is 25.0 Å². The zero-order valence-corrected chi connectivity index (χ0v) is 38.6. The van der Waals surface area contributed by atoms with Crippen LogP contribution in [0.2, 0.25) is 0 Å². The molecule has 0 spiro atoms. The summed E-state index contributed by atoms with van der Waals surface area (Å²) in [5, 5.41) is 4.96. The minimum Gasteiger partial charge on any atom is -0.310 e. The Morgan fingerprint density at radius 2 is 0.942 bits per heavy atom. The first-order valence-electron chi connectivity index (χ1n) is 24.0. The van der Waals surface area contributed by atoms with Crippen LogP contribution < -0.4 is 4.90 Å². The molecule has 0 saturated carbocycles. The van der Waals surface area contributed by atoms with Gasteiger partial charge in [-0.25, -0.2) is 0 Å². The van der Waals surface area contributed by atoms with E-state index in [1.165, 1.54) is 88.2 Å². The third kappa shape index (κ3) is 6.63. The lowest BCUT2D eigenvalue weighted by atomic mass is 9.79. The van der Waals surface area contributed by atoms with Crippen LogP contribution in [0.5, 0.6) is 0 Å². The number of benzene rings is 11. The fourth-order valence-corrected chi connectivity index (χ4v) is 11.5. The fraction of sp³-hybridized carbons (Fsp3) is 0.0448. The number of hydrogen-bond donors (Lipinski definition) is 0. The maximum atomic E-state index is 2.46. The van der Waals surface area contributed by atoms with Gasteiger partial charge in [-0.05, 0) is 127 Å². The summed E-state index contributed by atoms with van der Waals surface area (Å²) in [6, 6.07) is 93.6. The average Bonchev–Trinajstić information content (AvgIpc) is 3.87. The monoisotopic (exact) mass is 880 g/mol. The van der Waals surface area contributed by atoms with Gasteiger partial charge in [0, 0.05) is 38.8 Å². The summed E-state index contributed by atoms with van der Waals surface area (Å²) in [5.41, 5.74) is 21.7. The van der Waals surface area contributed by atoms with E-state index in [9.17, 15) is 0 Å². The van der Waals surface area contributed by atoms with Gasteiger partial charge in [-0.15, -0.1) is 0 Å². The molecule has 13 rings (SSSR count). The van der Waals surface area contributed by atoms with Crippen molar-refractivity contribution in [2.24, 2.45) is 0 Å². The first-order chi connectivity index (χ1) is 34.0. The van der Waals surface area contributed by atoms with Crippen molar-refractivity contribution in [1.29, 1.82) is 0 Å². The Bertz CT molecular complexity index is 3910. The van der Waals surface area contributed by atoms with Crippen molar-refractivity contribution >= 4 is 49.6 Å². The molecule has 0 aliphatic heterocycles. The fourth-order valence-electron chi connectivity index (χ4n) is 11.5. The molecule has 69 heavy (non-hydrogen) atoms. The first-order valence-corrected chi connectivity index (χ1v) is 24.0. The third-order valence-electron chi connectivity index (χ3n) is 14.6. The van der Waals surface area contributed by atoms with E-state index in [0.717, 1.165) is 33.9 Å². The van der Waals surface area contributed by atoms with Gasteiger partial charge in [0.25, 0.3) is 0 Å². The molecule has 326 valence electrons. The van der Waals surface area contributed by atoms with E-state index in [4.69, 9.17) is 0 Å². The second-order valence-corrected chi connectivity index (χ2v) is 18.8. The number of para-hydroxylation sites is 3. The van der Waals surface area contributed by atoms with E-state index in [1.54, 1.807) is 0 Å². The van der Waals surface area contributed by atoms with Crippen LogP contribution >= 0.6 is 0 Å². The van der Waals surface area contributed by atoms with Crippen molar-refractivity contribution in [3.8, 4) is 61.3 Å². The molecule has 12 aromatic rings. The Labute approximate surface area is 403 Å². The highest BCUT2D eigenvalue weighted by Crippen LogP contribution is 2.53. The molecule has 11 aromatic carbocycles. The molecule has 0 N–H and O–H groups in total. The second kappa shape index (κ2) is 16.3. The van der Waals surface area contributed by atoms with Gasteiger partial charge in [-0.2, -0.15) is 0 Å². The van der Waals surface area contributed by atoms with Crippen molar-refractivity contribution in [3.05, 3.63) is 266 Å². The Balaban J connectivity index is 0.991. The van der Waals surface area contributed by atoms with Gasteiger partial charge in [-0.3, -0.25) is 0 Å². The van der Waals surface area contributed by atoms with Gasteiger partial charge in [0.05, 0.1) is 16.7 Å². The Hall–Kier alpha value is -8.72. The van der Waals surface area contributed by atoms with E-state index in [1.807, 2.05) is 0 Å². The molecule has 1 heterocycles. The van der Waals surface area contributed by atoms with Crippen molar-refractivity contribution in [2.75, 3.05) is 4.90 Å². The predicted octanol–water partition coefficient (Wildman–Crippen LogP) is 18.4. The topological polar surface area (TPSA) is 8.17 Å². The standard InChI is InChI=1S/C67H48N2/c1-67(2)61-34-12-9-27-55(61)60-33-18-31-54(66(60)67)49-23-15-26-52(43-49)68(62-35-13-11-29-57(62)59-32-17-22-47-21-16-30-53(65(47)59)46-19-5-3-6-20-46)51-40-37-45(38-41-51)48-39-42-58-56-28-10-14-36-63(56)69(64(58)44-48)50-24-7-4-8-25-50/h3-44H,1-2H3. The van der Waals surface area contributed by atoms with Crippen LogP contribution in [-0.2, 0) is 5.41 Å². The predicted molar refractivity (Wildman–Crippen MR) is 292 cm³/mol. The summed E-state index contributed by atoms with van der Waals surface area (Å²) < 4.78 is 2.40. The second-order valence-electron chi connectivity index (χ2n) is 18.8. The lowest BCUT2D eigenvalue weighted by molar-refractivity contribution is 0.662. The number of rotatable bonds is 8. The van der Waals surface area contributed by atoms with Gasteiger partial charge < -0.3 is 9.47 Å². The van der Waals surface area contributed by atoms with Gasteiger partial charge >= 0.3 is 0 Å². The maximum absolute atomic E-state index is 2.46. The van der Waals surface area contributed by atoms with Crippen LogP contribution in [0.15, 0.2) is 255 Å². The number of nitrogens with zero attached hydrogens (tertiary/aromatic N) is 2. The molecule has 0 saturated heterocycles. The molecule has 0 bridgehead atoms. The molecule has 0 fully saturated rings. The van der Waals surface area contributed by atoms with E-state index >= 15 is 0 Å². The quantitative estimate of drug-likeness (QED) is 0.148. The molecular formula is C67H48N2. The van der Waals surface area contributed by atoms with Gasteiger partial charge in [0.15, 0.2) is 0 Å². The molecule has 1 aromatic heterocycles. The molecule has 1 aliphatic carbocycles. The molecule has 0 radical (unpaired) electrons. The minimum atomic E-state index is -0.149.